The fraction of sp³-hybridized carbons (Fsp3) is 0.429. The number of carboxylic acids is 1. The number of benzene rings is 1. The molecule has 0 aromatic heterocycles. The topological polar surface area (TPSA) is 104 Å². The van der Waals surface area contributed by atoms with E-state index >= 15 is 0 Å². The van der Waals surface area contributed by atoms with Crippen LogP contribution in [0.15, 0.2) is 24.3 Å². The van der Waals surface area contributed by atoms with E-state index in [1.54, 1.807) is 12.1 Å². The van der Waals surface area contributed by atoms with E-state index in [9.17, 15) is 14.7 Å². The van der Waals surface area contributed by atoms with Crippen LogP contribution in [0, 0.1) is 0 Å². The third-order valence-corrected chi connectivity index (χ3v) is 3.46. The van der Waals surface area contributed by atoms with Gasteiger partial charge < -0.3 is 20.8 Å². The molecule has 1 saturated heterocycles. The van der Waals surface area contributed by atoms with E-state index in [1.165, 1.54) is 4.90 Å². The van der Waals surface area contributed by atoms with Crippen molar-refractivity contribution in [3.63, 3.8) is 0 Å². The summed E-state index contributed by atoms with van der Waals surface area (Å²) in [6.07, 6.45) is 0.0256. The zero-order chi connectivity index (χ0) is 14.7. The van der Waals surface area contributed by atoms with E-state index in [1.807, 2.05) is 12.1 Å². The van der Waals surface area contributed by atoms with Crippen LogP contribution in [0.2, 0.25) is 0 Å². The summed E-state index contributed by atoms with van der Waals surface area (Å²) in [5.41, 5.74) is 6.91. The van der Waals surface area contributed by atoms with E-state index < -0.39 is 18.1 Å². The molecule has 0 bridgehead atoms. The first-order valence-electron chi connectivity index (χ1n) is 6.53. The van der Waals surface area contributed by atoms with E-state index in [-0.39, 0.29) is 18.9 Å². The number of aliphatic hydroxyl groups is 1. The molecule has 0 radical (unpaired) electrons. The maximum absolute atomic E-state index is 12.3. The first-order valence-corrected chi connectivity index (χ1v) is 6.53. The Hall–Kier alpha value is -1.92. The van der Waals surface area contributed by atoms with Gasteiger partial charge in [-0.05, 0) is 30.7 Å². The largest absolute Gasteiger partial charge is 0.480 e. The van der Waals surface area contributed by atoms with Crippen molar-refractivity contribution in [3.05, 3.63) is 35.4 Å². The van der Waals surface area contributed by atoms with E-state index in [2.05, 4.69) is 0 Å². The third kappa shape index (κ3) is 2.97. The van der Waals surface area contributed by atoms with Gasteiger partial charge in [0.25, 0.3) is 5.91 Å². The molecular weight excluding hydrogens is 260 g/mol. The lowest BCUT2D eigenvalue weighted by molar-refractivity contribution is -0.141. The number of carbonyl (C=O) groups excluding carboxylic acids is 1. The molecule has 0 unspecified atom stereocenters. The van der Waals surface area contributed by atoms with Gasteiger partial charge in [-0.25, -0.2) is 4.79 Å². The predicted molar refractivity (Wildman–Crippen MR) is 72.3 cm³/mol. The Kier molecular flexibility index (Phi) is 4.36. The molecule has 1 aliphatic heterocycles. The Morgan fingerprint density at radius 1 is 1.30 bits per heavy atom. The highest BCUT2D eigenvalue weighted by Gasteiger charge is 2.39. The number of amides is 1. The van der Waals surface area contributed by atoms with Crippen LogP contribution in [0.3, 0.4) is 0 Å². The summed E-state index contributed by atoms with van der Waals surface area (Å²) in [4.78, 5) is 24.6. The summed E-state index contributed by atoms with van der Waals surface area (Å²) in [6, 6.07) is 5.99. The van der Waals surface area contributed by atoms with Gasteiger partial charge in [0, 0.05) is 18.5 Å². The van der Waals surface area contributed by atoms with Gasteiger partial charge in [-0.2, -0.15) is 0 Å². The van der Waals surface area contributed by atoms with E-state index in [0.717, 1.165) is 12.0 Å². The molecule has 1 aromatic rings. The van der Waals surface area contributed by atoms with Gasteiger partial charge >= 0.3 is 5.97 Å². The normalized spacial score (nSPS) is 22.0. The number of aliphatic hydroxyl groups excluding tert-OH is 1. The van der Waals surface area contributed by atoms with Crippen LogP contribution in [-0.4, -0.2) is 52.2 Å². The Morgan fingerprint density at radius 3 is 2.50 bits per heavy atom. The van der Waals surface area contributed by atoms with Crippen LogP contribution in [-0.2, 0) is 11.2 Å². The van der Waals surface area contributed by atoms with Crippen molar-refractivity contribution >= 4 is 11.9 Å². The van der Waals surface area contributed by atoms with Gasteiger partial charge in [0.1, 0.15) is 6.04 Å². The zero-order valence-electron chi connectivity index (χ0n) is 11.0. The number of rotatable bonds is 4. The van der Waals surface area contributed by atoms with Crippen molar-refractivity contribution in [1.82, 2.24) is 4.90 Å². The number of carboxylic acid groups (broad SMARTS) is 1. The van der Waals surface area contributed by atoms with Crippen LogP contribution in [0.1, 0.15) is 22.3 Å². The highest BCUT2D eigenvalue weighted by Crippen LogP contribution is 2.21. The van der Waals surface area contributed by atoms with Crippen LogP contribution in [0.25, 0.3) is 0 Å². The van der Waals surface area contributed by atoms with Crippen LogP contribution in [0.4, 0.5) is 0 Å². The minimum atomic E-state index is -1.09. The highest BCUT2D eigenvalue weighted by molar-refractivity contribution is 5.97. The summed E-state index contributed by atoms with van der Waals surface area (Å²) in [5.74, 6) is -1.46. The van der Waals surface area contributed by atoms with Crippen LogP contribution < -0.4 is 5.73 Å². The first-order chi connectivity index (χ1) is 9.52. The fourth-order valence-electron chi connectivity index (χ4n) is 2.42. The Labute approximate surface area is 116 Å². The molecule has 1 heterocycles. The fourth-order valence-corrected chi connectivity index (χ4v) is 2.42. The van der Waals surface area contributed by atoms with Crippen molar-refractivity contribution in [1.29, 1.82) is 0 Å². The maximum atomic E-state index is 12.3. The van der Waals surface area contributed by atoms with E-state index in [0.29, 0.717) is 12.1 Å². The summed E-state index contributed by atoms with van der Waals surface area (Å²) in [5, 5.41) is 18.7. The molecule has 1 aromatic carbocycles. The monoisotopic (exact) mass is 278 g/mol. The molecular formula is C14H18N2O4. The Morgan fingerprint density at radius 2 is 1.95 bits per heavy atom. The minimum absolute atomic E-state index is 0.0559. The molecule has 4 N–H and O–H groups in total. The summed E-state index contributed by atoms with van der Waals surface area (Å²) < 4.78 is 0. The molecule has 6 nitrogen and oxygen atoms in total. The van der Waals surface area contributed by atoms with Gasteiger partial charge in [-0.3, -0.25) is 4.79 Å². The van der Waals surface area contributed by atoms with Crippen molar-refractivity contribution in [2.45, 2.75) is 25.0 Å². The second-order valence-corrected chi connectivity index (χ2v) is 4.94. The van der Waals surface area contributed by atoms with E-state index in [4.69, 9.17) is 10.8 Å². The van der Waals surface area contributed by atoms with Gasteiger partial charge in [0.15, 0.2) is 0 Å². The predicted octanol–water partition coefficient (Wildman–Crippen LogP) is -0.152. The molecule has 20 heavy (non-hydrogen) atoms. The average molecular weight is 278 g/mol. The Bertz CT molecular complexity index is 500. The SMILES string of the molecule is NCCc1ccc(C(=O)N2C[C@H](O)C[C@H]2C(=O)O)cc1. The number of likely N-dealkylation sites (tertiary alicyclic amines) is 1. The summed E-state index contributed by atoms with van der Waals surface area (Å²) >= 11 is 0. The maximum Gasteiger partial charge on any atom is 0.326 e. The molecule has 1 fully saturated rings. The zero-order valence-corrected chi connectivity index (χ0v) is 11.0. The number of hydrogen-bond acceptors (Lipinski definition) is 4. The standard InChI is InChI=1S/C14H18N2O4/c15-6-5-9-1-3-10(4-2-9)13(18)16-8-11(17)7-12(16)14(19)20/h1-4,11-12,17H,5-8,15H2,(H,19,20)/t11-,12+/m1/s1. The van der Waals surface area contributed by atoms with Crippen LogP contribution >= 0.6 is 0 Å². The number of hydrogen-bond donors (Lipinski definition) is 3. The van der Waals surface area contributed by atoms with Crippen molar-refractivity contribution in [2.75, 3.05) is 13.1 Å². The van der Waals surface area contributed by atoms with Gasteiger partial charge in [0.05, 0.1) is 6.10 Å². The molecule has 1 amide bonds. The lowest BCUT2D eigenvalue weighted by atomic mass is 10.1. The van der Waals surface area contributed by atoms with Crippen LogP contribution in [0.5, 0.6) is 0 Å². The van der Waals surface area contributed by atoms with Gasteiger partial charge in [-0.1, -0.05) is 12.1 Å². The van der Waals surface area contributed by atoms with Crippen molar-refractivity contribution in [2.24, 2.45) is 5.73 Å². The molecule has 2 atom stereocenters. The lowest BCUT2D eigenvalue weighted by Gasteiger charge is -2.21. The third-order valence-electron chi connectivity index (χ3n) is 3.46. The number of nitrogens with zero attached hydrogens (tertiary/aromatic N) is 1. The number of β-amino-alcohol motifs (C(OH)–C–C–N with tert-alkyl or cyclic N) is 1. The smallest absolute Gasteiger partial charge is 0.326 e. The number of carbonyl (C=O) groups is 2. The summed E-state index contributed by atoms with van der Waals surface area (Å²) in [6.45, 7) is 0.590. The second-order valence-electron chi connectivity index (χ2n) is 4.94. The molecule has 0 saturated carbocycles. The first kappa shape index (κ1) is 14.5. The van der Waals surface area contributed by atoms with Gasteiger partial charge in [-0.15, -0.1) is 0 Å². The molecule has 108 valence electrons. The minimum Gasteiger partial charge on any atom is -0.480 e. The number of aliphatic carboxylic acids is 1. The average Bonchev–Trinajstić information content (AvgIpc) is 2.81. The lowest BCUT2D eigenvalue weighted by Crippen LogP contribution is -2.40. The highest BCUT2D eigenvalue weighted by atomic mass is 16.4. The quantitative estimate of drug-likeness (QED) is 0.710. The van der Waals surface area contributed by atoms with Crippen molar-refractivity contribution < 1.29 is 19.8 Å². The molecule has 1 aliphatic rings. The number of nitrogens with two attached hydrogens (primary N) is 1. The molecule has 2 rings (SSSR count). The molecule has 0 aliphatic carbocycles. The molecule has 0 spiro atoms. The summed E-state index contributed by atoms with van der Waals surface area (Å²) in [7, 11) is 0. The van der Waals surface area contributed by atoms with Crippen molar-refractivity contribution in [3.8, 4) is 0 Å². The van der Waals surface area contributed by atoms with Gasteiger partial charge in [0.2, 0.25) is 0 Å². The second kappa shape index (κ2) is 6.02. The Balaban J connectivity index is 2.15. The molecule has 6 heteroatoms.